The Hall–Kier alpha value is -1.62. The van der Waals surface area contributed by atoms with E-state index in [0.29, 0.717) is 5.69 Å². The van der Waals surface area contributed by atoms with Gasteiger partial charge >= 0.3 is 5.97 Å². The van der Waals surface area contributed by atoms with E-state index >= 15 is 0 Å². The fourth-order valence-electron chi connectivity index (χ4n) is 1.37. The van der Waals surface area contributed by atoms with Crippen molar-refractivity contribution in [2.75, 3.05) is 0 Å². The van der Waals surface area contributed by atoms with Crippen LogP contribution in [0, 0.1) is 6.92 Å². The Morgan fingerprint density at radius 3 is 2.81 bits per heavy atom. The lowest BCUT2D eigenvalue weighted by atomic mass is 10.1. The summed E-state index contributed by atoms with van der Waals surface area (Å²) in [5.74, 6) is -1.28. The highest BCUT2D eigenvalue weighted by atomic mass is 79.9. The Kier molecular flexibility index (Phi) is 2.78. The second-order valence-electron chi connectivity index (χ2n) is 3.34. The molecule has 2 rings (SSSR count). The van der Waals surface area contributed by atoms with Crippen LogP contribution in [-0.4, -0.2) is 16.2 Å². The van der Waals surface area contributed by atoms with Crippen LogP contribution >= 0.6 is 15.9 Å². The van der Waals surface area contributed by atoms with Gasteiger partial charge in [-0.15, -0.1) is 0 Å². The molecule has 0 aliphatic rings. The van der Waals surface area contributed by atoms with Gasteiger partial charge in [0.2, 0.25) is 5.76 Å². The smallest absolute Gasteiger partial charge is 0.374 e. The van der Waals surface area contributed by atoms with E-state index in [2.05, 4.69) is 21.1 Å². The topological polar surface area (TPSA) is 63.3 Å². The van der Waals surface area contributed by atoms with Crippen molar-refractivity contribution in [1.29, 1.82) is 0 Å². The summed E-state index contributed by atoms with van der Waals surface area (Å²) >= 11 is 3.35. The van der Waals surface area contributed by atoms with E-state index in [1.807, 2.05) is 25.1 Å². The second kappa shape index (κ2) is 4.09. The molecule has 0 saturated carbocycles. The van der Waals surface area contributed by atoms with Gasteiger partial charge in [0, 0.05) is 16.1 Å². The Morgan fingerprint density at radius 1 is 1.44 bits per heavy atom. The van der Waals surface area contributed by atoms with E-state index in [1.54, 1.807) is 0 Å². The molecule has 4 nitrogen and oxygen atoms in total. The molecule has 0 saturated heterocycles. The third kappa shape index (κ3) is 1.99. The van der Waals surface area contributed by atoms with Crippen LogP contribution in [0.1, 0.15) is 16.1 Å². The molecule has 0 spiro atoms. The molecule has 1 aromatic carbocycles. The minimum atomic E-state index is -1.12. The maximum absolute atomic E-state index is 10.7. The van der Waals surface area contributed by atoms with E-state index in [-0.39, 0.29) is 5.76 Å². The fourth-order valence-corrected chi connectivity index (χ4v) is 1.73. The monoisotopic (exact) mass is 281 g/mol. The van der Waals surface area contributed by atoms with Gasteiger partial charge in [0.1, 0.15) is 5.69 Å². The molecular weight excluding hydrogens is 274 g/mol. The van der Waals surface area contributed by atoms with Gasteiger partial charge in [-0.05, 0) is 24.6 Å². The van der Waals surface area contributed by atoms with Gasteiger partial charge in [0.25, 0.3) is 0 Å². The first-order valence-electron chi connectivity index (χ1n) is 4.54. The van der Waals surface area contributed by atoms with Gasteiger partial charge in [-0.1, -0.05) is 27.2 Å². The maximum atomic E-state index is 10.7. The predicted octanol–water partition coefficient (Wildman–Crippen LogP) is 3.11. The van der Waals surface area contributed by atoms with Crippen molar-refractivity contribution in [3.63, 3.8) is 0 Å². The Balaban J connectivity index is 2.50. The third-order valence-electron chi connectivity index (χ3n) is 2.20. The van der Waals surface area contributed by atoms with Crippen LogP contribution in [0.25, 0.3) is 11.3 Å². The predicted molar refractivity (Wildman–Crippen MR) is 61.3 cm³/mol. The largest absolute Gasteiger partial charge is 0.475 e. The zero-order valence-electron chi connectivity index (χ0n) is 8.40. The van der Waals surface area contributed by atoms with Crippen LogP contribution in [0.15, 0.2) is 33.3 Å². The van der Waals surface area contributed by atoms with Gasteiger partial charge in [-0.25, -0.2) is 4.79 Å². The van der Waals surface area contributed by atoms with E-state index in [9.17, 15) is 4.79 Å². The first-order valence-corrected chi connectivity index (χ1v) is 5.34. The number of halogens is 1. The number of aromatic nitrogens is 1. The van der Waals surface area contributed by atoms with Crippen molar-refractivity contribution in [3.8, 4) is 11.3 Å². The average molecular weight is 282 g/mol. The molecule has 16 heavy (non-hydrogen) atoms. The number of nitrogens with zero attached hydrogens (tertiary/aromatic N) is 1. The Labute approximate surface area is 100 Å². The van der Waals surface area contributed by atoms with Crippen LogP contribution in [0.5, 0.6) is 0 Å². The Bertz CT molecular complexity index is 548. The number of benzene rings is 1. The number of hydrogen-bond acceptors (Lipinski definition) is 3. The molecule has 1 aromatic heterocycles. The minimum Gasteiger partial charge on any atom is -0.475 e. The lowest BCUT2D eigenvalue weighted by Gasteiger charge is -2.01. The van der Waals surface area contributed by atoms with Crippen LogP contribution < -0.4 is 0 Å². The van der Waals surface area contributed by atoms with Crippen molar-refractivity contribution in [1.82, 2.24) is 5.16 Å². The molecule has 2 aromatic rings. The molecule has 0 unspecified atom stereocenters. The second-order valence-corrected chi connectivity index (χ2v) is 4.26. The molecule has 5 heteroatoms. The highest BCUT2D eigenvalue weighted by Gasteiger charge is 2.13. The van der Waals surface area contributed by atoms with E-state index in [0.717, 1.165) is 15.6 Å². The van der Waals surface area contributed by atoms with E-state index < -0.39 is 5.97 Å². The Morgan fingerprint density at radius 2 is 2.19 bits per heavy atom. The van der Waals surface area contributed by atoms with Gasteiger partial charge in [-0.2, -0.15) is 0 Å². The summed E-state index contributed by atoms with van der Waals surface area (Å²) in [7, 11) is 0. The summed E-state index contributed by atoms with van der Waals surface area (Å²) in [6.45, 7) is 1.93. The molecule has 0 aliphatic heterocycles. The van der Waals surface area contributed by atoms with Crippen molar-refractivity contribution < 1.29 is 14.4 Å². The number of aromatic carboxylic acids is 1. The molecule has 1 N–H and O–H groups in total. The summed E-state index contributed by atoms with van der Waals surface area (Å²) < 4.78 is 5.62. The first-order chi connectivity index (χ1) is 7.58. The average Bonchev–Trinajstić information content (AvgIpc) is 2.70. The summed E-state index contributed by atoms with van der Waals surface area (Å²) in [5.41, 5.74) is 2.38. The van der Waals surface area contributed by atoms with Gasteiger partial charge in [0.15, 0.2) is 0 Å². The molecule has 0 bridgehead atoms. The molecule has 82 valence electrons. The number of rotatable bonds is 2. The van der Waals surface area contributed by atoms with E-state index in [1.165, 1.54) is 6.07 Å². The standard InChI is InChI=1S/C11H8BrNO3/c1-6-2-3-7(12)4-8(6)9-5-10(11(14)15)16-13-9/h2-5H,1H3,(H,14,15). The molecule has 1 heterocycles. The van der Waals surface area contributed by atoms with Crippen LogP contribution in [0.3, 0.4) is 0 Å². The molecule has 0 amide bonds. The summed E-state index contributed by atoms with van der Waals surface area (Å²) in [5, 5.41) is 12.5. The van der Waals surface area contributed by atoms with Gasteiger partial charge in [0.05, 0.1) is 0 Å². The normalized spacial score (nSPS) is 10.4. The van der Waals surface area contributed by atoms with Crippen LogP contribution in [-0.2, 0) is 0 Å². The SMILES string of the molecule is Cc1ccc(Br)cc1-c1cc(C(=O)O)on1. The van der Waals surface area contributed by atoms with Crippen LogP contribution in [0.2, 0.25) is 0 Å². The molecule has 0 fully saturated rings. The zero-order valence-corrected chi connectivity index (χ0v) is 9.98. The molecule has 0 atom stereocenters. The lowest BCUT2D eigenvalue weighted by Crippen LogP contribution is -1.91. The lowest BCUT2D eigenvalue weighted by molar-refractivity contribution is 0.0652. The van der Waals surface area contributed by atoms with Crippen LogP contribution in [0.4, 0.5) is 0 Å². The van der Waals surface area contributed by atoms with Gasteiger partial charge < -0.3 is 9.63 Å². The molecule has 0 aliphatic carbocycles. The van der Waals surface area contributed by atoms with Crippen molar-refractivity contribution in [2.24, 2.45) is 0 Å². The quantitative estimate of drug-likeness (QED) is 0.919. The first kappa shape index (κ1) is 10.9. The maximum Gasteiger partial charge on any atom is 0.374 e. The molecule has 0 radical (unpaired) electrons. The fraction of sp³-hybridized carbons (Fsp3) is 0.0909. The summed E-state index contributed by atoms with van der Waals surface area (Å²) in [4.78, 5) is 10.7. The summed E-state index contributed by atoms with van der Waals surface area (Å²) in [6.07, 6.45) is 0. The highest BCUT2D eigenvalue weighted by molar-refractivity contribution is 9.10. The number of hydrogen-bond donors (Lipinski definition) is 1. The summed E-state index contributed by atoms with van der Waals surface area (Å²) in [6, 6.07) is 7.13. The van der Waals surface area contributed by atoms with Gasteiger partial charge in [-0.3, -0.25) is 0 Å². The highest BCUT2D eigenvalue weighted by Crippen LogP contribution is 2.26. The number of aryl methyl sites for hydroxylation is 1. The van der Waals surface area contributed by atoms with Crippen molar-refractivity contribution in [3.05, 3.63) is 40.1 Å². The molecular formula is C11H8BrNO3. The third-order valence-corrected chi connectivity index (χ3v) is 2.69. The number of carbonyl (C=O) groups is 1. The van der Waals surface area contributed by atoms with Crippen molar-refractivity contribution in [2.45, 2.75) is 6.92 Å². The number of carboxylic acid groups (broad SMARTS) is 1. The zero-order chi connectivity index (χ0) is 11.7. The minimum absolute atomic E-state index is 0.158. The van der Waals surface area contributed by atoms with Crippen molar-refractivity contribution >= 4 is 21.9 Å². The number of carboxylic acids is 1. The van der Waals surface area contributed by atoms with E-state index in [4.69, 9.17) is 9.63 Å².